The third kappa shape index (κ3) is 8.05. The van der Waals surface area contributed by atoms with Gasteiger partial charge in [-0.1, -0.05) is 25.7 Å². The molecule has 194 valence electrons. The summed E-state index contributed by atoms with van der Waals surface area (Å²) in [5.41, 5.74) is 3.56. The Kier molecular flexibility index (Phi) is 8.85. The van der Waals surface area contributed by atoms with E-state index in [0.29, 0.717) is 39.5 Å². The maximum atomic E-state index is 15.1. The molecule has 1 amide bonds. The number of nitrogens with zero attached hydrogens (tertiary/aromatic N) is 2. The second kappa shape index (κ2) is 11.3. The molecule has 0 aromatic carbocycles. The lowest BCUT2D eigenvalue weighted by atomic mass is 10.1. The number of carbonyl (C=O) groups excluding carboxylic acids is 1. The molecule has 0 radical (unpaired) electrons. The fraction of sp³-hybridized carbons (Fsp3) is 0.480. The number of fused-ring (bicyclic) bond motifs is 1. The molecular weight excluding hydrogens is 563 g/mol. The largest absolute Gasteiger partial charge is 0.454 e. The lowest BCUT2D eigenvalue weighted by molar-refractivity contribution is 0.0479. The number of aromatic nitrogens is 2. The van der Waals surface area contributed by atoms with E-state index in [1.807, 2.05) is 17.5 Å². The first kappa shape index (κ1) is 28.2. The van der Waals surface area contributed by atoms with E-state index in [1.165, 1.54) is 0 Å². The van der Waals surface area contributed by atoms with Gasteiger partial charge in [0, 0.05) is 11.3 Å². The second-order valence-electron chi connectivity index (χ2n) is 10.5. The quantitative estimate of drug-likeness (QED) is 0.234. The van der Waals surface area contributed by atoms with E-state index in [0.717, 1.165) is 4.88 Å². The molecule has 3 rings (SSSR count). The molecule has 7 nitrogen and oxygen atoms in total. The highest BCUT2D eigenvalue weighted by Crippen LogP contribution is 2.34. The van der Waals surface area contributed by atoms with Gasteiger partial charge in [-0.25, -0.2) is 14.2 Å². The van der Waals surface area contributed by atoms with E-state index in [1.54, 1.807) is 39.0 Å². The number of thiophene rings is 1. The van der Waals surface area contributed by atoms with Crippen LogP contribution in [0.25, 0.3) is 11.1 Å². The Morgan fingerprint density at radius 2 is 2.06 bits per heavy atom. The van der Waals surface area contributed by atoms with Gasteiger partial charge in [0.25, 0.3) is 0 Å². The second-order valence-corrected chi connectivity index (χ2v) is 17.1. The number of furan rings is 1. The molecule has 3 aromatic rings. The Bertz CT molecular complexity index is 1270. The Labute approximate surface area is 224 Å². The minimum atomic E-state index is -1.65. The Morgan fingerprint density at radius 3 is 2.67 bits per heavy atom. The predicted molar refractivity (Wildman–Crippen MR) is 149 cm³/mol. The van der Waals surface area contributed by atoms with E-state index < -0.39 is 32.0 Å². The summed E-state index contributed by atoms with van der Waals surface area (Å²) in [6.07, 6.45) is -2.16. The summed E-state index contributed by atoms with van der Waals surface area (Å²) in [5.74, 6) is 4.35. The molecule has 0 aliphatic heterocycles. The molecule has 3 aromatic heterocycles. The van der Waals surface area contributed by atoms with E-state index >= 15 is 4.39 Å². The van der Waals surface area contributed by atoms with Crippen LogP contribution in [0.1, 0.15) is 44.2 Å². The van der Waals surface area contributed by atoms with Gasteiger partial charge in [0.15, 0.2) is 11.4 Å². The lowest BCUT2D eigenvalue weighted by Crippen LogP contribution is -2.42. The van der Waals surface area contributed by atoms with Crippen molar-refractivity contribution in [2.24, 2.45) is 0 Å². The van der Waals surface area contributed by atoms with Crippen molar-refractivity contribution in [1.29, 1.82) is 0 Å². The summed E-state index contributed by atoms with van der Waals surface area (Å²) >= 11 is 5.17. The zero-order chi connectivity index (χ0) is 26.7. The van der Waals surface area contributed by atoms with Gasteiger partial charge < -0.3 is 19.8 Å². The number of hydrogen-bond donors (Lipinski definition) is 2. The van der Waals surface area contributed by atoms with Gasteiger partial charge in [-0.3, -0.25) is 0 Å². The van der Waals surface area contributed by atoms with Crippen LogP contribution in [0, 0.1) is 11.5 Å². The summed E-state index contributed by atoms with van der Waals surface area (Å²) in [4.78, 5) is 22.4. The van der Waals surface area contributed by atoms with Crippen LogP contribution in [0.4, 0.5) is 15.0 Å². The van der Waals surface area contributed by atoms with Crippen molar-refractivity contribution in [3.63, 3.8) is 0 Å². The molecule has 2 N–H and O–H groups in total. The van der Waals surface area contributed by atoms with Crippen molar-refractivity contribution in [1.82, 2.24) is 15.3 Å². The molecule has 36 heavy (non-hydrogen) atoms. The molecule has 0 saturated carbocycles. The molecule has 2 atom stereocenters. The van der Waals surface area contributed by atoms with E-state index in [4.69, 9.17) is 9.15 Å². The van der Waals surface area contributed by atoms with Gasteiger partial charge in [-0.05, 0) is 61.0 Å². The first-order valence-electron chi connectivity index (χ1n) is 11.6. The summed E-state index contributed by atoms with van der Waals surface area (Å²) in [7, 11) is -1.65. The van der Waals surface area contributed by atoms with Gasteiger partial charge >= 0.3 is 6.09 Å². The van der Waals surface area contributed by atoms with Crippen LogP contribution in [-0.2, 0) is 17.7 Å². The third-order valence-electron chi connectivity index (χ3n) is 4.77. The molecule has 0 unspecified atom stereocenters. The fourth-order valence-corrected chi connectivity index (χ4v) is 4.71. The molecule has 0 spiro atoms. The van der Waals surface area contributed by atoms with Crippen LogP contribution in [0.15, 0.2) is 26.4 Å². The number of rotatable bonds is 7. The van der Waals surface area contributed by atoms with E-state index in [9.17, 15) is 4.79 Å². The highest BCUT2D eigenvalue weighted by atomic mass is 79.9. The van der Waals surface area contributed by atoms with Crippen LogP contribution in [-0.4, -0.2) is 41.9 Å². The zero-order valence-corrected chi connectivity index (χ0v) is 25.0. The van der Waals surface area contributed by atoms with Crippen molar-refractivity contribution in [2.75, 3.05) is 5.32 Å². The number of carbonyl (C=O) groups is 1. The minimum Gasteiger partial charge on any atom is -0.454 e. The Morgan fingerprint density at radius 1 is 1.33 bits per heavy atom. The van der Waals surface area contributed by atoms with Gasteiger partial charge in [-0.15, -0.1) is 16.9 Å². The topological polar surface area (TPSA) is 89.3 Å². The van der Waals surface area contributed by atoms with Gasteiger partial charge in [0.2, 0.25) is 5.82 Å². The average Bonchev–Trinajstić information content (AvgIpc) is 3.37. The third-order valence-corrected chi connectivity index (χ3v) is 7.34. The summed E-state index contributed by atoms with van der Waals surface area (Å²) in [5, 5.41) is 7.87. The number of alkyl carbamates (subject to hydrolysis) is 1. The predicted octanol–water partition coefficient (Wildman–Crippen LogP) is 6.68. The van der Waals surface area contributed by atoms with Crippen LogP contribution in [0.2, 0.25) is 19.6 Å². The molecule has 0 aliphatic rings. The van der Waals surface area contributed by atoms with E-state index in [-0.39, 0.29) is 6.42 Å². The summed E-state index contributed by atoms with van der Waals surface area (Å²) in [6, 6.07) is 3.22. The van der Waals surface area contributed by atoms with E-state index in [2.05, 4.69) is 67.6 Å². The molecule has 11 heteroatoms. The van der Waals surface area contributed by atoms with Gasteiger partial charge in [0.05, 0.1) is 17.1 Å². The van der Waals surface area contributed by atoms with Crippen molar-refractivity contribution >= 4 is 58.4 Å². The maximum Gasteiger partial charge on any atom is 0.407 e. The number of nitrogens with one attached hydrogen (secondary N) is 2. The van der Waals surface area contributed by atoms with Crippen LogP contribution in [0.5, 0.6) is 0 Å². The monoisotopic (exact) mass is 594 g/mol. The number of hydrogen-bond acceptors (Lipinski definition) is 7. The summed E-state index contributed by atoms with van der Waals surface area (Å²) in [6.45, 7) is 13.8. The SMILES string of the molecule is C[C@@H](NC(=O)OC(C)(C)C)[C@@H](F)Cc1oc2c(NCc3cccs3)nc(C#C[Si](C)(C)C)nc2c1Br. The van der Waals surface area contributed by atoms with Crippen molar-refractivity contribution in [3.05, 3.63) is 38.4 Å². The lowest BCUT2D eigenvalue weighted by Gasteiger charge is -2.23. The van der Waals surface area contributed by atoms with Crippen molar-refractivity contribution in [2.45, 2.75) is 78.1 Å². The average molecular weight is 596 g/mol. The molecule has 0 fully saturated rings. The fourth-order valence-electron chi connectivity index (χ4n) is 3.07. The zero-order valence-electron chi connectivity index (χ0n) is 21.6. The van der Waals surface area contributed by atoms with Crippen LogP contribution >= 0.6 is 27.3 Å². The number of halogens is 2. The molecular formula is C25H32BrFN4O3SSi. The smallest absolute Gasteiger partial charge is 0.407 e. The first-order valence-corrected chi connectivity index (χ1v) is 16.8. The number of amides is 1. The highest BCUT2D eigenvalue weighted by molar-refractivity contribution is 9.10. The first-order chi connectivity index (χ1) is 16.7. The Balaban J connectivity index is 1.89. The van der Waals surface area contributed by atoms with Crippen molar-refractivity contribution < 1.29 is 18.3 Å². The molecule has 3 heterocycles. The van der Waals surface area contributed by atoms with Crippen molar-refractivity contribution in [3.8, 4) is 11.5 Å². The Hall–Kier alpha value is -2.42. The van der Waals surface area contributed by atoms with Crippen LogP contribution in [0.3, 0.4) is 0 Å². The molecule has 0 saturated heterocycles. The normalized spacial score (nSPS) is 13.6. The van der Waals surface area contributed by atoms with Gasteiger partial charge in [-0.2, -0.15) is 4.98 Å². The molecule has 0 bridgehead atoms. The number of ether oxygens (including phenoxy) is 1. The summed E-state index contributed by atoms with van der Waals surface area (Å²) < 4.78 is 27.0. The minimum absolute atomic E-state index is 0.0752. The van der Waals surface area contributed by atoms with Crippen LogP contribution < -0.4 is 10.6 Å². The number of alkyl halides is 1. The maximum absolute atomic E-state index is 15.1. The van der Waals surface area contributed by atoms with Gasteiger partial charge in [0.1, 0.15) is 31.1 Å². The molecule has 0 aliphatic carbocycles. The number of anilines is 1. The highest BCUT2D eigenvalue weighted by Gasteiger charge is 2.27. The standard InChI is InChI=1S/C25H32BrFN4O3SSi/c1-15(29-24(32)34-25(2,3)4)17(27)13-18-20(26)21-22(33-18)23(28-14-16-9-8-11-35-16)31-19(30-21)10-12-36(5,6)7/h8-9,11,15,17H,13-14H2,1-7H3,(H,29,32)(H,28,30,31)/t15-,17+/m1/s1.